The highest BCUT2D eigenvalue weighted by atomic mass is 35.5. The Hall–Kier alpha value is -3.03. The molecule has 0 saturated heterocycles. The Labute approximate surface area is 174 Å². The molecule has 0 fully saturated rings. The summed E-state index contributed by atoms with van der Waals surface area (Å²) in [6.07, 6.45) is 1.39. The van der Waals surface area contributed by atoms with Gasteiger partial charge in [0.15, 0.2) is 11.5 Å². The highest BCUT2D eigenvalue weighted by molar-refractivity contribution is 7.89. The fraction of sp³-hybridized carbons (Fsp3) is 0.0952. The van der Waals surface area contributed by atoms with E-state index in [0.29, 0.717) is 28.7 Å². The Bertz CT molecular complexity index is 1090. The van der Waals surface area contributed by atoms with Gasteiger partial charge < -0.3 is 9.47 Å². The van der Waals surface area contributed by atoms with Gasteiger partial charge in [-0.25, -0.2) is 4.83 Å². The summed E-state index contributed by atoms with van der Waals surface area (Å²) in [5, 5.41) is 4.29. The fourth-order valence-corrected chi connectivity index (χ4v) is 3.38. The number of sulfonamides is 1. The molecule has 0 aliphatic carbocycles. The third kappa shape index (κ3) is 5.73. The van der Waals surface area contributed by atoms with Crippen molar-refractivity contribution >= 4 is 27.8 Å². The first-order valence-electron chi connectivity index (χ1n) is 8.63. The van der Waals surface area contributed by atoms with Crippen LogP contribution in [0.3, 0.4) is 0 Å². The van der Waals surface area contributed by atoms with Gasteiger partial charge in [-0.2, -0.15) is 13.5 Å². The van der Waals surface area contributed by atoms with Crippen molar-refractivity contribution < 1.29 is 17.9 Å². The van der Waals surface area contributed by atoms with Crippen molar-refractivity contribution in [1.82, 2.24) is 4.83 Å². The number of benzene rings is 3. The summed E-state index contributed by atoms with van der Waals surface area (Å²) in [5.41, 5.74) is 1.66. The van der Waals surface area contributed by atoms with Gasteiger partial charge in [0.2, 0.25) is 0 Å². The molecule has 0 bridgehead atoms. The molecule has 0 unspecified atom stereocenters. The van der Waals surface area contributed by atoms with Crippen LogP contribution >= 0.6 is 11.6 Å². The Morgan fingerprint density at radius 2 is 1.72 bits per heavy atom. The quantitative estimate of drug-likeness (QED) is 0.428. The van der Waals surface area contributed by atoms with Crippen LogP contribution in [0.25, 0.3) is 0 Å². The number of hydrogen-bond donors (Lipinski definition) is 1. The molecule has 3 aromatic rings. The summed E-state index contributed by atoms with van der Waals surface area (Å²) in [5.74, 6) is 1.10. The average molecular weight is 431 g/mol. The molecular weight excluding hydrogens is 412 g/mol. The van der Waals surface area contributed by atoms with Crippen LogP contribution < -0.4 is 14.3 Å². The predicted molar refractivity (Wildman–Crippen MR) is 113 cm³/mol. The van der Waals surface area contributed by atoms with Crippen LogP contribution in [0.15, 0.2) is 82.8 Å². The van der Waals surface area contributed by atoms with Crippen LogP contribution in [0.4, 0.5) is 0 Å². The van der Waals surface area contributed by atoms with E-state index in [-0.39, 0.29) is 4.90 Å². The first-order chi connectivity index (χ1) is 14.0. The van der Waals surface area contributed by atoms with E-state index in [0.717, 1.165) is 5.56 Å². The zero-order valence-electron chi connectivity index (χ0n) is 15.6. The van der Waals surface area contributed by atoms with Gasteiger partial charge in [-0.3, -0.25) is 0 Å². The number of ether oxygens (including phenoxy) is 2. The molecule has 0 heterocycles. The molecule has 0 radical (unpaired) electrons. The predicted octanol–water partition coefficient (Wildman–Crippen LogP) is 4.24. The molecule has 0 spiro atoms. The molecule has 29 heavy (non-hydrogen) atoms. The zero-order chi connectivity index (χ0) is 20.7. The van der Waals surface area contributed by atoms with Crippen LogP contribution in [-0.2, 0) is 16.6 Å². The third-order valence-electron chi connectivity index (χ3n) is 3.94. The Morgan fingerprint density at radius 1 is 1.00 bits per heavy atom. The normalized spacial score (nSPS) is 11.4. The lowest BCUT2D eigenvalue weighted by molar-refractivity contribution is 0.284. The number of hydrazone groups is 1. The maximum Gasteiger partial charge on any atom is 0.276 e. The van der Waals surface area contributed by atoms with Crippen LogP contribution in [0, 0.1) is 0 Å². The van der Waals surface area contributed by atoms with E-state index in [1.165, 1.54) is 30.5 Å². The first-order valence-corrected chi connectivity index (χ1v) is 10.5. The molecule has 0 amide bonds. The summed E-state index contributed by atoms with van der Waals surface area (Å²) >= 11 is 5.78. The van der Waals surface area contributed by atoms with Crippen molar-refractivity contribution in [2.24, 2.45) is 5.10 Å². The van der Waals surface area contributed by atoms with Crippen molar-refractivity contribution in [3.05, 3.63) is 88.9 Å². The summed E-state index contributed by atoms with van der Waals surface area (Å²) in [6, 6.07) is 20.7. The van der Waals surface area contributed by atoms with Crippen molar-refractivity contribution in [2.75, 3.05) is 7.11 Å². The topological polar surface area (TPSA) is 77.0 Å². The number of hydrogen-bond acceptors (Lipinski definition) is 5. The largest absolute Gasteiger partial charge is 0.493 e. The third-order valence-corrected chi connectivity index (χ3v) is 5.43. The van der Waals surface area contributed by atoms with E-state index in [9.17, 15) is 8.42 Å². The van der Waals surface area contributed by atoms with Crippen LogP contribution in [-0.4, -0.2) is 21.7 Å². The summed E-state index contributed by atoms with van der Waals surface area (Å²) in [4.78, 5) is 2.25. The Balaban J connectivity index is 1.71. The summed E-state index contributed by atoms with van der Waals surface area (Å²) < 4.78 is 35.7. The fourth-order valence-electron chi connectivity index (χ4n) is 2.46. The maximum atomic E-state index is 12.2. The minimum atomic E-state index is -3.78. The Kier molecular flexibility index (Phi) is 6.74. The lowest BCUT2D eigenvalue weighted by Gasteiger charge is -2.11. The van der Waals surface area contributed by atoms with Crippen molar-refractivity contribution in [2.45, 2.75) is 11.5 Å². The minimum Gasteiger partial charge on any atom is -0.493 e. The van der Waals surface area contributed by atoms with Crippen LogP contribution in [0.5, 0.6) is 11.5 Å². The molecule has 3 rings (SSSR count). The van der Waals surface area contributed by atoms with E-state index >= 15 is 0 Å². The van der Waals surface area contributed by atoms with Crippen molar-refractivity contribution in [1.29, 1.82) is 0 Å². The molecule has 0 aliphatic rings. The van der Waals surface area contributed by atoms with Gasteiger partial charge in [-0.15, -0.1) is 0 Å². The highest BCUT2D eigenvalue weighted by Gasteiger charge is 2.12. The van der Waals surface area contributed by atoms with Crippen LogP contribution in [0.1, 0.15) is 11.1 Å². The van der Waals surface area contributed by atoms with Gasteiger partial charge in [0, 0.05) is 5.02 Å². The lowest BCUT2D eigenvalue weighted by atomic mass is 10.2. The molecular formula is C21H19ClN2O4S. The molecule has 0 aliphatic heterocycles. The molecule has 3 aromatic carbocycles. The van der Waals surface area contributed by atoms with E-state index in [1.54, 1.807) is 25.3 Å². The maximum absolute atomic E-state index is 12.2. The Morgan fingerprint density at radius 3 is 2.41 bits per heavy atom. The van der Waals surface area contributed by atoms with Gasteiger partial charge >= 0.3 is 0 Å². The monoisotopic (exact) mass is 430 g/mol. The smallest absolute Gasteiger partial charge is 0.276 e. The van der Waals surface area contributed by atoms with Gasteiger partial charge in [0.05, 0.1) is 18.2 Å². The van der Waals surface area contributed by atoms with Gasteiger partial charge in [-0.1, -0.05) is 41.9 Å². The van der Waals surface area contributed by atoms with Crippen molar-refractivity contribution in [3.63, 3.8) is 0 Å². The second-order valence-corrected chi connectivity index (χ2v) is 8.09. The second-order valence-electron chi connectivity index (χ2n) is 5.99. The number of rotatable bonds is 8. The molecule has 0 saturated carbocycles. The average Bonchev–Trinajstić information content (AvgIpc) is 2.73. The molecule has 8 heteroatoms. The van der Waals surface area contributed by atoms with Gasteiger partial charge in [0.25, 0.3) is 10.0 Å². The second kappa shape index (κ2) is 9.45. The highest BCUT2D eigenvalue weighted by Crippen LogP contribution is 2.28. The lowest BCUT2D eigenvalue weighted by Crippen LogP contribution is -2.18. The number of nitrogens with zero attached hydrogens (tertiary/aromatic N) is 1. The van der Waals surface area contributed by atoms with E-state index < -0.39 is 10.0 Å². The zero-order valence-corrected chi connectivity index (χ0v) is 17.2. The number of methoxy groups -OCH3 is 1. The molecule has 0 atom stereocenters. The molecule has 1 N–H and O–H groups in total. The van der Waals surface area contributed by atoms with Crippen molar-refractivity contribution in [3.8, 4) is 11.5 Å². The minimum absolute atomic E-state index is 0.0701. The van der Waals surface area contributed by atoms with Gasteiger partial charge in [-0.05, 0) is 53.6 Å². The summed E-state index contributed by atoms with van der Waals surface area (Å²) in [7, 11) is -2.22. The molecule has 150 valence electrons. The summed E-state index contributed by atoms with van der Waals surface area (Å²) in [6.45, 7) is 0.376. The number of nitrogens with one attached hydrogen (secondary N) is 1. The van der Waals surface area contributed by atoms with Crippen LogP contribution in [0.2, 0.25) is 5.02 Å². The number of halogens is 1. The van der Waals surface area contributed by atoms with E-state index in [4.69, 9.17) is 21.1 Å². The molecule has 6 nitrogen and oxygen atoms in total. The SMILES string of the molecule is COc1ccc(/C=N/NS(=O)(=O)c2ccc(Cl)cc2)cc1OCc1ccccc1. The standard InChI is InChI=1S/C21H19ClN2O4S/c1-27-20-12-7-17(13-21(20)28-15-16-5-3-2-4-6-16)14-23-24-29(25,26)19-10-8-18(22)9-11-19/h2-14,24H,15H2,1H3/b23-14+. The van der Waals surface area contributed by atoms with Gasteiger partial charge in [0.1, 0.15) is 6.61 Å². The first kappa shape index (κ1) is 20.7. The van der Waals surface area contributed by atoms with E-state index in [1.807, 2.05) is 30.3 Å². The molecule has 0 aromatic heterocycles. The van der Waals surface area contributed by atoms with E-state index in [2.05, 4.69) is 9.93 Å².